The van der Waals surface area contributed by atoms with E-state index in [4.69, 9.17) is 0 Å². The maximum atomic E-state index is 12.7. The molecular weight excluding hydrogens is 318 g/mol. The van der Waals surface area contributed by atoms with E-state index in [-0.39, 0.29) is 18.1 Å². The Morgan fingerprint density at radius 1 is 1.40 bits per heavy atom. The van der Waals surface area contributed by atoms with E-state index in [1.807, 2.05) is 6.92 Å². The lowest BCUT2D eigenvalue weighted by Gasteiger charge is -2.25. The predicted molar refractivity (Wildman–Crippen MR) is 80.4 cm³/mol. The Labute approximate surface area is 124 Å². The first kappa shape index (κ1) is 15.9. The molecule has 2 heterocycles. The van der Waals surface area contributed by atoms with Crippen LogP contribution in [0, 0.1) is 13.8 Å². The van der Waals surface area contributed by atoms with Crippen LogP contribution < -0.4 is 0 Å². The molecule has 0 spiro atoms. The summed E-state index contributed by atoms with van der Waals surface area (Å²) in [4.78, 5) is 2.00. The first-order valence-corrected chi connectivity index (χ1v) is 10.5. The van der Waals surface area contributed by atoms with E-state index >= 15 is 0 Å². The molecule has 5 nitrogen and oxygen atoms in total. The molecule has 114 valence electrons. The standard InChI is InChI=1S/C12H19NO4S3/c1-4-13(11-5-6-19(14,15)8-11)20(16,17)12-7-9(2)18-10(12)3/h7,11H,4-6,8H2,1-3H3/t11-/m1/s1. The molecule has 1 aromatic rings. The molecule has 1 aromatic heterocycles. The average Bonchev–Trinajstić information content (AvgIpc) is 2.82. The van der Waals surface area contributed by atoms with Gasteiger partial charge in [-0.05, 0) is 26.3 Å². The third-order valence-electron chi connectivity index (χ3n) is 3.51. The molecule has 0 bridgehead atoms. The molecule has 1 saturated heterocycles. The lowest BCUT2D eigenvalue weighted by molar-refractivity contribution is 0.354. The molecule has 2 rings (SSSR count). The van der Waals surface area contributed by atoms with Crippen molar-refractivity contribution in [1.29, 1.82) is 0 Å². The molecule has 0 N–H and O–H groups in total. The summed E-state index contributed by atoms with van der Waals surface area (Å²) in [6.07, 6.45) is 0.386. The summed E-state index contributed by atoms with van der Waals surface area (Å²) in [6, 6.07) is 1.23. The molecule has 1 aliphatic rings. The molecule has 0 unspecified atom stereocenters. The third-order valence-corrected chi connectivity index (χ3v) is 8.51. The lowest BCUT2D eigenvalue weighted by atomic mass is 10.3. The minimum atomic E-state index is -3.62. The van der Waals surface area contributed by atoms with E-state index in [0.29, 0.717) is 11.3 Å². The van der Waals surface area contributed by atoms with Gasteiger partial charge < -0.3 is 0 Å². The highest BCUT2D eigenvalue weighted by Crippen LogP contribution is 2.30. The zero-order valence-electron chi connectivity index (χ0n) is 11.8. The van der Waals surface area contributed by atoms with Crippen molar-refractivity contribution >= 4 is 31.2 Å². The topological polar surface area (TPSA) is 71.5 Å². The van der Waals surface area contributed by atoms with Crippen molar-refractivity contribution < 1.29 is 16.8 Å². The molecule has 0 aliphatic carbocycles. The van der Waals surface area contributed by atoms with Crippen LogP contribution >= 0.6 is 11.3 Å². The second-order valence-corrected chi connectivity index (χ2v) is 10.6. The van der Waals surface area contributed by atoms with E-state index < -0.39 is 25.9 Å². The normalized spacial score (nSPS) is 22.5. The van der Waals surface area contributed by atoms with Gasteiger partial charge in [0, 0.05) is 22.3 Å². The highest BCUT2D eigenvalue weighted by molar-refractivity contribution is 7.92. The van der Waals surface area contributed by atoms with Gasteiger partial charge in [-0.25, -0.2) is 16.8 Å². The van der Waals surface area contributed by atoms with Gasteiger partial charge in [0.05, 0.1) is 16.4 Å². The smallest absolute Gasteiger partial charge is 0.229 e. The van der Waals surface area contributed by atoms with E-state index in [2.05, 4.69) is 0 Å². The van der Waals surface area contributed by atoms with Crippen molar-refractivity contribution in [3.8, 4) is 0 Å². The fourth-order valence-electron chi connectivity index (χ4n) is 2.62. The maximum Gasteiger partial charge on any atom is 0.244 e. The Balaban J connectivity index is 2.39. The van der Waals surface area contributed by atoms with Crippen LogP contribution in [0.25, 0.3) is 0 Å². The van der Waals surface area contributed by atoms with Crippen molar-refractivity contribution in [2.24, 2.45) is 0 Å². The molecule has 0 aromatic carbocycles. The first-order valence-electron chi connectivity index (χ1n) is 6.46. The number of sulfone groups is 1. The molecule has 0 saturated carbocycles. The van der Waals surface area contributed by atoms with Crippen LogP contribution in [-0.4, -0.2) is 45.2 Å². The molecule has 1 fully saturated rings. The van der Waals surface area contributed by atoms with Gasteiger partial charge in [0.15, 0.2) is 9.84 Å². The highest BCUT2D eigenvalue weighted by atomic mass is 32.2. The first-order chi connectivity index (χ1) is 9.17. The number of nitrogens with zero attached hydrogens (tertiary/aromatic N) is 1. The second-order valence-electron chi connectivity index (χ2n) is 5.04. The molecule has 0 amide bonds. The second kappa shape index (κ2) is 5.40. The van der Waals surface area contributed by atoms with Crippen LogP contribution in [0.2, 0.25) is 0 Å². The highest BCUT2D eigenvalue weighted by Gasteiger charge is 2.38. The van der Waals surface area contributed by atoms with Crippen molar-refractivity contribution in [3.63, 3.8) is 0 Å². The fourth-order valence-corrected chi connectivity index (χ4v) is 7.63. The summed E-state index contributed by atoms with van der Waals surface area (Å²) < 4.78 is 50.0. The van der Waals surface area contributed by atoms with Crippen LogP contribution in [0.4, 0.5) is 0 Å². The minimum Gasteiger partial charge on any atom is -0.229 e. The molecule has 8 heteroatoms. The van der Waals surface area contributed by atoms with Gasteiger partial charge in [0.2, 0.25) is 10.0 Å². The van der Waals surface area contributed by atoms with Crippen molar-refractivity contribution in [2.45, 2.75) is 38.1 Å². The largest absolute Gasteiger partial charge is 0.244 e. The van der Waals surface area contributed by atoms with Gasteiger partial charge >= 0.3 is 0 Å². The zero-order valence-corrected chi connectivity index (χ0v) is 14.2. The summed E-state index contributed by atoms with van der Waals surface area (Å²) in [7, 11) is -6.72. The fraction of sp³-hybridized carbons (Fsp3) is 0.667. The van der Waals surface area contributed by atoms with Crippen LogP contribution in [0.3, 0.4) is 0 Å². The summed E-state index contributed by atoms with van der Waals surface area (Å²) in [5.41, 5.74) is 0. The summed E-state index contributed by atoms with van der Waals surface area (Å²) >= 11 is 1.44. The third kappa shape index (κ3) is 2.93. The molecule has 1 aliphatic heterocycles. The van der Waals surface area contributed by atoms with Gasteiger partial charge in [-0.1, -0.05) is 6.92 Å². The Hall–Kier alpha value is -0.440. The molecule has 1 atom stereocenters. The summed E-state index contributed by atoms with van der Waals surface area (Å²) in [6.45, 7) is 5.69. The van der Waals surface area contributed by atoms with Crippen LogP contribution in [0.1, 0.15) is 23.1 Å². The molecular formula is C12H19NO4S3. The van der Waals surface area contributed by atoms with Gasteiger partial charge in [-0.15, -0.1) is 11.3 Å². The van der Waals surface area contributed by atoms with E-state index in [0.717, 1.165) is 9.75 Å². The van der Waals surface area contributed by atoms with E-state index in [1.54, 1.807) is 19.9 Å². The van der Waals surface area contributed by atoms with Crippen LogP contribution in [0.5, 0.6) is 0 Å². The van der Waals surface area contributed by atoms with Crippen LogP contribution in [0.15, 0.2) is 11.0 Å². The van der Waals surface area contributed by atoms with Gasteiger partial charge in [-0.2, -0.15) is 4.31 Å². The number of hydrogen-bond acceptors (Lipinski definition) is 5. The van der Waals surface area contributed by atoms with Crippen molar-refractivity contribution in [1.82, 2.24) is 4.31 Å². The Morgan fingerprint density at radius 3 is 2.45 bits per heavy atom. The number of sulfonamides is 1. The Kier molecular flexibility index (Phi) is 4.30. The van der Waals surface area contributed by atoms with Gasteiger partial charge in [0.1, 0.15) is 0 Å². The average molecular weight is 337 g/mol. The lowest BCUT2D eigenvalue weighted by Crippen LogP contribution is -2.40. The van der Waals surface area contributed by atoms with Crippen molar-refractivity contribution in [2.75, 3.05) is 18.1 Å². The Morgan fingerprint density at radius 2 is 2.05 bits per heavy atom. The van der Waals surface area contributed by atoms with Gasteiger partial charge in [0.25, 0.3) is 0 Å². The van der Waals surface area contributed by atoms with E-state index in [1.165, 1.54) is 15.6 Å². The van der Waals surface area contributed by atoms with Gasteiger partial charge in [-0.3, -0.25) is 0 Å². The minimum absolute atomic E-state index is 0.0672. The maximum absolute atomic E-state index is 12.7. The molecule has 0 radical (unpaired) electrons. The quantitative estimate of drug-likeness (QED) is 0.836. The monoisotopic (exact) mass is 337 g/mol. The summed E-state index contributed by atoms with van der Waals surface area (Å²) in [5.74, 6) is 0.00751. The van der Waals surface area contributed by atoms with E-state index in [9.17, 15) is 16.8 Å². The number of thiophene rings is 1. The van der Waals surface area contributed by atoms with Crippen molar-refractivity contribution in [3.05, 3.63) is 15.8 Å². The number of aryl methyl sites for hydroxylation is 2. The SMILES string of the molecule is CCN([C@@H]1CCS(=O)(=O)C1)S(=O)(=O)c1cc(C)sc1C. The zero-order chi connectivity index (χ0) is 15.1. The predicted octanol–water partition coefficient (Wildman–Crippen LogP) is 1.56. The number of rotatable bonds is 4. The Bertz CT molecular complexity index is 703. The molecule has 20 heavy (non-hydrogen) atoms. The van der Waals surface area contributed by atoms with Crippen LogP contribution in [-0.2, 0) is 19.9 Å². The number of hydrogen-bond donors (Lipinski definition) is 0. The summed E-state index contributed by atoms with van der Waals surface area (Å²) in [5, 5.41) is 0.